The average Bonchev–Trinajstić information content (AvgIpc) is 2.64. The fourth-order valence-electron chi connectivity index (χ4n) is 4.21. The number of alkyl halides is 3. The molecule has 29 heavy (non-hydrogen) atoms. The van der Waals surface area contributed by atoms with Crippen molar-refractivity contribution in [1.82, 2.24) is 4.90 Å². The Labute approximate surface area is 167 Å². The van der Waals surface area contributed by atoms with Crippen LogP contribution in [0.15, 0.2) is 48.0 Å². The number of hydrogen-bond acceptors (Lipinski definition) is 2. The van der Waals surface area contributed by atoms with Gasteiger partial charge in [0.15, 0.2) is 0 Å². The van der Waals surface area contributed by atoms with E-state index in [4.69, 9.17) is 5.11 Å². The number of aliphatic carboxylic acids is 1. The lowest BCUT2D eigenvalue weighted by molar-refractivity contribution is -0.147. The van der Waals surface area contributed by atoms with E-state index in [1.54, 1.807) is 6.07 Å². The topological polar surface area (TPSA) is 40.5 Å². The van der Waals surface area contributed by atoms with Gasteiger partial charge < -0.3 is 5.11 Å². The number of hydrogen-bond donors (Lipinski definition) is 1. The molecule has 1 fully saturated rings. The number of likely N-dealkylation sites (tertiary alicyclic amines) is 1. The van der Waals surface area contributed by atoms with Crippen molar-refractivity contribution in [3.05, 3.63) is 64.7 Å². The van der Waals surface area contributed by atoms with Crippen LogP contribution in [0.4, 0.5) is 13.2 Å². The summed E-state index contributed by atoms with van der Waals surface area (Å²) in [6, 6.07) is 11.3. The fourth-order valence-corrected chi connectivity index (χ4v) is 4.21. The predicted octanol–water partition coefficient (Wildman–Crippen LogP) is 5.11. The van der Waals surface area contributed by atoms with Crippen LogP contribution in [-0.2, 0) is 17.4 Å². The van der Waals surface area contributed by atoms with Crippen molar-refractivity contribution >= 4 is 11.5 Å². The van der Waals surface area contributed by atoms with Gasteiger partial charge in [0, 0.05) is 19.6 Å². The Balaban J connectivity index is 1.55. The number of allylic oxidation sites excluding steroid dienone is 1. The Morgan fingerprint density at radius 1 is 1.10 bits per heavy atom. The number of benzene rings is 2. The van der Waals surface area contributed by atoms with Gasteiger partial charge in [-0.2, -0.15) is 13.2 Å². The van der Waals surface area contributed by atoms with E-state index in [0.29, 0.717) is 18.7 Å². The second-order valence-corrected chi connectivity index (χ2v) is 7.91. The standard InChI is InChI=1S/C23H22F3NO2/c1-14-18(11-27-12-19(13-27)22(28)29)6-5-17-9-16(7-8-21(14)17)15-3-2-4-20(10-15)23(24,25)26/h2-4,7-10,19H,5-6,11-13H2,1H3,(H,28,29). The highest BCUT2D eigenvalue weighted by atomic mass is 19.4. The molecule has 1 aliphatic carbocycles. The van der Waals surface area contributed by atoms with E-state index < -0.39 is 17.7 Å². The number of carboxylic acid groups (broad SMARTS) is 1. The monoisotopic (exact) mass is 401 g/mol. The molecule has 152 valence electrons. The van der Waals surface area contributed by atoms with Gasteiger partial charge >= 0.3 is 12.1 Å². The number of carbonyl (C=O) groups is 1. The van der Waals surface area contributed by atoms with Gasteiger partial charge in [0.25, 0.3) is 0 Å². The molecule has 1 N–H and O–H groups in total. The Bertz CT molecular complexity index is 988. The fraction of sp³-hybridized carbons (Fsp3) is 0.348. The molecule has 2 aromatic carbocycles. The molecule has 1 aliphatic heterocycles. The Morgan fingerprint density at radius 3 is 2.52 bits per heavy atom. The van der Waals surface area contributed by atoms with Crippen molar-refractivity contribution in [2.75, 3.05) is 19.6 Å². The molecule has 1 saturated heterocycles. The minimum Gasteiger partial charge on any atom is -0.481 e. The van der Waals surface area contributed by atoms with Gasteiger partial charge in [0.1, 0.15) is 0 Å². The lowest BCUT2D eigenvalue weighted by Crippen LogP contribution is -2.50. The van der Waals surface area contributed by atoms with E-state index in [1.165, 1.54) is 23.3 Å². The van der Waals surface area contributed by atoms with Crippen LogP contribution >= 0.6 is 0 Å². The number of nitrogens with zero attached hydrogens (tertiary/aromatic N) is 1. The predicted molar refractivity (Wildman–Crippen MR) is 105 cm³/mol. The van der Waals surface area contributed by atoms with Crippen LogP contribution < -0.4 is 0 Å². The first-order valence-electron chi connectivity index (χ1n) is 9.67. The van der Waals surface area contributed by atoms with Crippen molar-refractivity contribution in [3.8, 4) is 11.1 Å². The zero-order chi connectivity index (χ0) is 20.8. The molecule has 2 aliphatic rings. The van der Waals surface area contributed by atoms with Gasteiger partial charge in [-0.05, 0) is 59.7 Å². The Morgan fingerprint density at radius 2 is 1.83 bits per heavy atom. The van der Waals surface area contributed by atoms with Crippen LogP contribution in [0, 0.1) is 5.92 Å². The number of halogens is 3. The quantitative estimate of drug-likeness (QED) is 0.774. The average molecular weight is 401 g/mol. The molecule has 4 rings (SSSR count). The van der Waals surface area contributed by atoms with Crippen molar-refractivity contribution in [2.24, 2.45) is 5.92 Å². The summed E-state index contributed by atoms with van der Waals surface area (Å²) < 4.78 is 39.0. The van der Waals surface area contributed by atoms with Gasteiger partial charge in [-0.3, -0.25) is 9.69 Å². The van der Waals surface area contributed by atoms with Crippen LogP contribution in [0.1, 0.15) is 30.0 Å². The Kier molecular flexibility index (Phi) is 4.99. The van der Waals surface area contributed by atoms with Gasteiger partial charge in [0.05, 0.1) is 11.5 Å². The molecular formula is C23H22F3NO2. The van der Waals surface area contributed by atoms with E-state index in [9.17, 15) is 18.0 Å². The molecule has 0 atom stereocenters. The van der Waals surface area contributed by atoms with Gasteiger partial charge in [-0.25, -0.2) is 0 Å². The highest BCUT2D eigenvalue weighted by Gasteiger charge is 2.33. The highest BCUT2D eigenvalue weighted by Crippen LogP contribution is 2.36. The first-order chi connectivity index (χ1) is 13.7. The molecule has 0 unspecified atom stereocenters. The van der Waals surface area contributed by atoms with Gasteiger partial charge in [0.2, 0.25) is 0 Å². The summed E-state index contributed by atoms with van der Waals surface area (Å²) in [5, 5.41) is 9.02. The van der Waals surface area contributed by atoms with E-state index in [1.807, 2.05) is 18.2 Å². The SMILES string of the molecule is CC1=C(CN2CC(C(=O)O)C2)CCc2cc(-c3cccc(C(F)(F)F)c3)ccc21. The normalized spacial score (nSPS) is 17.8. The summed E-state index contributed by atoms with van der Waals surface area (Å²) in [5.41, 5.74) is 5.51. The van der Waals surface area contributed by atoms with Crippen LogP contribution in [0.25, 0.3) is 16.7 Å². The van der Waals surface area contributed by atoms with Crippen molar-refractivity contribution in [2.45, 2.75) is 25.9 Å². The number of aryl methyl sites for hydroxylation is 1. The zero-order valence-corrected chi connectivity index (χ0v) is 16.1. The maximum absolute atomic E-state index is 13.0. The summed E-state index contributed by atoms with van der Waals surface area (Å²) >= 11 is 0. The summed E-state index contributed by atoms with van der Waals surface area (Å²) in [6.07, 6.45) is -2.63. The van der Waals surface area contributed by atoms with Gasteiger partial charge in [-0.15, -0.1) is 0 Å². The molecule has 0 amide bonds. The Hall–Kier alpha value is -2.60. The van der Waals surface area contributed by atoms with Crippen molar-refractivity contribution < 1.29 is 23.1 Å². The largest absolute Gasteiger partial charge is 0.481 e. The summed E-state index contributed by atoms with van der Waals surface area (Å²) in [7, 11) is 0. The number of rotatable bonds is 4. The minimum atomic E-state index is -4.35. The number of carboxylic acids is 1. The second kappa shape index (κ2) is 7.34. The van der Waals surface area contributed by atoms with E-state index in [2.05, 4.69) is 11.8 Å². The lowest BCUT2D eigenvalue weighted by Gasteiger charge is -2.38. The van der Waals surface area contributed by atoms with Crippen LogP contribution in [-0.4, -0.2) is 35.6 Å². The third-order valence-corrected chi connectivity index (χ3v) is 5.98. The third kappa shape index (κ3) is 3.94. The maximum Gasteiger partial charge on any atom is 0.416 e. The summed E-state index contributed by atoms with van der Waals surface area (Å²) in [6.45, 7) is 4.04. The van der Waals surface area contributed by atoms with E-state index in [-0.39, 0.29) is 5.92 Å². The first-order valence-corrected chi connectivity index (χ1v) is 9.67. The second-order valence-electron chi connectivity index (χ2n) is 7.91. The van der Waals surface area contributed by atoms with E-state index in [0.717, 1.165) is 42.1 Å². The summed E-state index contributed by atoms with van der Waals surface area (Å²) in [5.74, 6) is -0.995. The molecular weight excluding hydrogens is 379 g/mol. The van der Waals surface area contributed by atoms with Gasteiger partial charge in [-0.1, -0.05) is 35.9 Å². The molecule has 0 radical (unpaired) electrons. The zero-order valence-electron chi connectivity index (χ0n) is 16.1. The minimum absolute atomic E-state index is 0.262. The van der Waals surface area contributed by atoms with E-state index >= 15 is 0 Å². The molecule has 6 heteroatoms. The van der Waals surface area contributed by atoms with Crippen molar-refractivity contribution in [1.29, 1.82) is 0 Å². The van der Waals surface area contributed by atoms with Crippen LogP contribution in [0.3, 0.4) is 0 Å². The third-order valence-electron chi connectivity index (χ3n) is 5.98. The molecule has 1 heterocycles. The first kappa shape index (κ1) is 19.7. The van der Waals surface area contributed by atoms with Crippen LogP contribution in [0.2, 0.25) is 0 Å². The van der Waals surface area contributed by atoms with Crippen molar-refractivity contribution in [3.63, 3.8) is 0 Å². The van der Waals surface area contributed by atoms with Crippen LogP contribution in [0.5, 0.6) is 0 Å². The molecule has 0 aromatic heterocycles. The molecule has 0 saturated carbocycles. The molecule has 2 aromatic rings. The molecule has 0 spiro atoms. The number of fused-ring (bicyclic) bond motifs is 1. The molecule has 0 bridgehead atoms. The molecule has 3 nitrogen and oxygen atoms in total. The highest BCUT2D eigenvalue weighted by molar-refractivity contribution is 5.76. The summed E-state index contributed by atoms with van der Waals surface area (Å²) in [4.78, 5) is 13.1. The smallest absolute Gasteiger partial charge is 0.416 e. The lowest BCUT2D eigenvalue weighted by atomic mass is 9.84. The maximum atomic E-state index is 13.0.